The molecule has 2 amide bonds. The first kappa shape index (κ1) is 29.6. The van der Waals surface area contributed by atoms with Crippen LogP contribution in [0.3, 0.4) is 0 Å². The number of nitrogens with zero attached hydrogens (tertiary/aromatic N) is 1. The summed E-state index contributed by atoms with van der Waals surface area (Å²) in [6.45, 7) is 1.08. The zero-order valence-electron chi connectivity index (χ0n) is 20.4. The maximum absolute atomic E-state index is 11.7. The summed E-state index contributed by atoms with van der Waals surface area (Å²) >= 11 is 0. The first-order chi connectivity index (χ1) is 17.9. The highest BCUT2D eigenvalue weighted by atomic mass is 16.7. The number of amides is 2. The van der Waals surface area contributed by atoms with E-state index in [-0.39, 0.29) is 5.75 Å². The van der Waals surface area contributed by atoms with Gasteiger partial charge in [0, 0.05) is 19.9 Å². The SMILES string of the molecule is CC(=O)N[C@@H]1[C@@H](Oc2ccccc2[N+](=O)[O-])O[C@H](CO[C@@H]2O[C@H](CO)[C@@H](O)[C@H](O)[C@@H]2NC(C)=O)[C@H](O)[C@@H]1O. The second-order valence-corrected chi connectivity index (χ2v) is 8.86. The van der Waals surface area contributed by atoms with Crippen LogP contribution in [0, 0.1) is 10.1 Å². The molecular weight excluding hydrogens is 514 g/mol. The number of nitro benzene ring substituents is 1. The molecule has 2 fully saturated rings. The number of rotatable bonds is 9. The molecule has 0 saturated carbocycles. The quantitative estimate of drug-likeness (QED) is 0.120. The van der Waals surface area contributed by atoms with Crippen LogP contribution in [0.25, 0.3) is 0 Å². The van der Waals surface area contributed by atoms with E-state index in [1.807, 2.05) is 0 Å². The predicted molar refractivity (Wildman–Crippen MR) is 123 cm³/mol. The predicted octanol–water partition coefficient (Wildman–Crippen LogP) is -3.11. The highest BCUT2D eigenvalue weighted by Gasteiger charge is 2.49. The van der Waals surface area contributed by atoms with Gasteiger partial charge < -0.3 is 55.1 Å². The molecule has 0 spiro atoms. The summed E-state index contributed by atoms with van der Waals surface area (Å²) in [4.78, 5) is 34.0. The largest absolute Gasteiger partial charge is 0.455 e. The molecule has 0 aromatic heterocycles. The van der Waals surface area contributed by atoms with Crippen molar-refractivity contribution in [1.29, 1.82) is 0 Å². The number of aliphatic hydroxyl groups is 5. The minimum absolute atomic E-state index is 0.231. The van der Waals surface area contributed by atoms with Gasteiger partial charge in [-0.25, -0.2) is 0 Å². The van der Waals surface area contributed by atoms with Crippen molar-refractivity contribution in [2.45, 2.75) is 75.1 Å². The molecule has 0 bridgehead atoms. The van der Waals surface area contributed by atoms with Crippen molar-refractivity contribution >= 4 is 17.5 Å². The molecule has 38 heavy (non-hydrogen) atoms. The second kappa shape index (κ2) is 12.7. The van der Waals surface area contributed by atoms with E-state index in [2.05, 4.69) is 10.6 Å². The first-order valence-electron chi connectivity index (χ1n) is 11.6. The van der Waals surface area contributed by atoms with Crippen molar-refractivity contribution in [2.75, 3.05) is 13.2 Å². The number of benzene rings is 1. The molecule has 0 aliphatic carbocycles. The molecule has 3 rings (SSSR count). The number of ether oxygens (including phenoxy) is 4. The highest BCUT2D eigenvalue weighted by molar-refractivity contribution is 5.73. The number of hydrogen-bond acceptors (Lipinski definition) is 13. The number of nitrogens with one attached hydrogen (secondary N) is 2. The van der Waals surface area contributed by atoms with Crippen LogP contribution in [0.4, 0.5) is 5.69 Å². The van der Waals surface area contributed by atoms with E-state index in [4.69, 9.17) is 18.9 Å². The lowest BCUT2D eigenvalue weighted by molar-refractivity contribution is -0.386. The van der Waals surface area contributed by atoms with Gasteiger partial charge in [-0.15, -0.1) is 0 Å². The Bertz CT molecular complexity index is 997. The lowest BCUT2D eigenvalue weighted by atomic mass is 9.96. The van der Waals surface area contributed by atoms with Gasteiger partial charge >= 0.3 is 5.69 Å². The monoisotopic (exact) mass is 545 g/mol. The van der Waals surface area contributed by atoms with Crippen LogP contribution in [0.15, 0.2) is 24.3 Å². The molecule has 212 valence electrons. The number of carbonyl (C=O) groups is 2. The summed E-state index contributed by atoms with van der Waals surface area (Å²) in [5.41, 5.74) is -0.414. The molecule has 16 nitrogen and oxygen atoms in total. The molecule has 0 radical (unpaired) electrons. The van der Waals surface area contributed by atoms with Crippen molar-refractivity contribution in [1.82, 2.24) is 10.6 Å². The minimum Gasteiger partial charge on any atom is -0.455 e. The zero-order valence-corrected chi connectivity index (χ0v) is 20.4. The van der Waals surface area contributed by atoms with Crippen LogP contribution < -0.4 is 15.4 Å². The summed E-state index contributed by atoms with van der Waals surface area (Å²) in [5.74, 6) is -1.42. The van der Waals surface area contributed by atoms with E-state index in [0.717, 1.165) is 13.8 Å². The lowest BCUT2D eigenvalue weighted by Gasteiger charge is -2.44. The van der Waals surface area contributed by atoms with Gasteiger partial charge in [0.05, 0.1) is 18.1 Å². The van der Waals surface area contributed by atoms with E-state index in [1.165, 1.54) is 24.3 Å². The third kappa shape index (κ3) is 6.72. The summed E-state index contributed by atoms with van der Waals surface area (Å²) in [7, 11) is 0. The molecule has 16 heteroatoms. The van der Waals surface area contributed by atoms with Gasteiger partial charge in [0.25, 0.3) is 0 Å². The molecular formula is C22H31N3O13. The molecule has 2 aliphatic heterocycles. The van der Waals surface area contributed by atoms with Crippen LogP contribution in [-0.2, 0) is 23.8 Å². The molecule has 7 N–H and O–H groups in total. The Morgan fingerprint density at radius 2 is 1.45 bits per heavy atom. The van der Waals surface area contributed by atoms with Gasteiger partial charge in [-0.3, -0.25) is 19.7 Å². The van der Waals surface area contributed by atoms with Gasteiger partial charge in [0.2, 0.25) is 18.1 Å². The third-order valence-corrected chi connectivity index (χ3v) is 6.05. The molecule has 2 heterocycles. The Morgan fingerprint density at radius 3 is 2.00 bits per heavy atom. The Morgan fingerprint density at radius 1 is 0.921 bits per heavy atom. The van der Waals surface area contributed by atoms with Crippen molar-refractivity contribution in [3.05, 3.63) is 34.4 Å². The number of aliphatic hydroxyl groups excluding tert-OH is 5. The molecule has 10 atom stereocenters. The maximum atomic E-state index is 11.7. The van der Waals surface area contributed by atoms with Crippen molar-refractivity contribution < 1.29 is 59.0 Å². The highest BCUT2D eigenvalue weighted by Crippen LogP contribution is 2.31. The fraction of sp³-hybridized carbons (Fsp3) is 0.636. The smallest absolute Gasteiger partial charge is 0.311 e. The third-order valence-electron chi connectivity index (χ3n) is 6.05. The van der Waals surface area contributed by atoms with Gasteiger partial charge in [-0.05, 0) is 6.07 Å². The number of carbonyl (C=O) groups excluding carboxylic acids is 2. The number of nitro groups is 1. The first-order valence-corrected chi connectivity index (χ1v) is 11.6. The van der Waals surface area contributed by atoms with Crippen molar-refractivity contribution in [2.24, 2.45) is 0 Å². The van der Waals surface area contributed by atoms with E-state index in [1.54, 1.807) is 0 Å². The van der Waals surface area contributed by atoms with Crippen LogP contribution in [0.2, 0.25) is 0 Å². The second-order valence-electron chi connectivity index (χ2n) is 8.86. The van der Waals surface area contributed by atoms with Crippen LogP contribution in [0.1, 0.15) is 13.8 Å². The molecule has 1 aromatic rings. The van der Waals surface area contributed by atoms with Gasteiger partial charge in [0.1, 0.15) is 48.7 Å². The van der Waals surface area contributed by atoms with E-state index >= 15 is 0 Å². The Labute approximate surface area is 216 Å². The average Bonchev–Trinajstić information content (AvgIpc) is 2.86. The van der Waals surface area contributed by atoms with Crippen molar-refractivity contribution in [3.63, 3.8) is 0 Å². The summed E-state index contributed by atoms with van der Waals surface area (Å²) < 4.78 is 22.5. The standard InChI is InChI=1S/C22H31N3O13/c1-9(27)23-15-19(31)17(29)13(7-26)37-21(15)35-8-14-18(30)20(32)16(24-10(2)28)22(38-14)36-12-6-4-3-5-11(12)25(33)34/h3-6,13-22,26,29-32H,7-8H2,1-2H3,(H,23,27)(H,24,28)/t13-,14-,15+,16+,17-,18+,19-,20-,21-,22+/m1/s1. The minimum atomic E-state index is -1.68. The van der Waals surface area contributed by atoms with E-state index in [9.17, 15) is 45.2 Å². The molecule has 1 aromatic carbocycles. The normalized spacial score (nSPS) is 35.2. The Hall–Kier alpha value is -2.96. The average molecular weight is 545 g/mol. The van der Waals surface area contributed by atoms with Gasteiger partial charge in [-0.2, -0.15) is 0 Å². The number of para-hydroxylation sites is 2. The van der Waals surface area contributed by atoms with Crippen LogP contribution in [-0.4, -0.2) is 117 Å². The topological polar surface area (TPSA) is 239 Å². The van der Waals surface area contributed by atoms with Crippen molar-refractivity contribution in [3.8, 4) is 5.75 Å². The van der Waals surface area contributed by atoms with Crippen LogP contribution >= 0.6 is 0 Å². The molecule has 2 saturated heterocycles. The summed E-state index contributed by atoms with van der Waals surface area (Å²) in [5, 5.41) is 67.6. The van der Waals surface area contributed by atoms with E-state index < -0.39 is 96.9 Å². The number of hydrogen-bond donors (Lipinski definition) is 7. The van der Waals surface area contributed by atoms with Gasteiger partial charge in [0.15, 0.2) is 12.0 Å². The molecule has 2 aliphatic rings. The summed E-state index contributed by atoms with van der Waals surface area (Å²) in [6.07, 6.45) is -12.0. The maximum Gasteiger partial charge on any atom is 0.311 e. The zero-order chi connectivity index (χ0) is 28.1. The van der Waals surface area contributed by atoms with E-state index in [0.29, 0.717) is 0 Å². The van der Waals surface area contributed by atoms with Gasteiger partial charge in [-0.1, -0.05) is 12.1 Å². The lowest BCUT2D eigenvalue weighted by Crippen LogP contribution is -2.67. The Kier molecular flexibility index (Phi) is 9.91. The fourth-order valence-corrected chi connectivity index (χ4v) is 4.19. The molecule has 0 unspecified atom stereocenters. The Balaban J connectivity index is 1.81. The fourth-order valence-electron chi connectivity index (χ4n) is 4.19. The summed E-state index contributed by atoms with van der Waals surface area (Å²) in [6, 6.07) is 2.72. The van der Waals surface area contributed by atoms with Crippen LogP contribution in [0.5, 0.6) is 5.75 Å².